The number of piperidine rings is 1. The van der Waals surface area contributed by atoms with Crippen LogP contribution in [0.5, 0.6) is 0 Å². The highest BCUT2D eigenvalue weighted by molar-refractivity contribution is 5.79. The normalized spacial score (nSPS) is 30.3. The summed E-state index contributed by atoms with van der Waals surface area (Å²) in [7, 11) is 0. The van der Waals surface area contributed by atoms with E-state index >= 15 is 0 Å². The van der Waals surface area contributed by atoms with Crippen LogP contribution in [-0.4, -0.2) is 72.9 Å². The van der Waals surface area contributed by atoms with E-state index in [4.69, 9.17) is 9.47 Å². The van der Waals surface area contributed by atoms with Crippen LogP contribution < -0.4 is 4.90 Å². The smallest absolute Gasteiger partial charge is 0.314 e. The average Bonchev–Trinajstić information content (AvgIpc) is 2.79. The summed E-state index contributed by atoms with van der Waals surface area (Å²) in [6, 6.07) is 2.64. The lowest BCUT2D eigenvalue weighted by Crippen LogP contribution is -2.59. The van der Waals surface area contributed by atoms with Gasteiger partial charge in [0.25, 0.3) is 0 Å². The van der Waals surface area contributed by atoms with Crippen LogP contribution in [-0.2, 0) is 14.3 Å². The Balaban J connectivity index is 1.57. The van der Waals surface area contributed by atoms with Crippen molar-refractivity contribution in [3.8, 4) is 6.07 Å². The van der Waals surface area contributed by atoms with Crippen LogP contribution in [0.15, 0.2) is 12.4 Å². The second-order valence-corrected chi connectivity index (χ2v) is 8.20. The first-order valence-electron chi connectivity index (χ1n) is 10.6. The number of hydrogen-bond donors (Lipinski definition) is 0. The van der Waals surface area contributed by atoms with Crippen LogP contribution in [0.1, 0.15) is 38.3 Å². The second-order valence-electron chi connectivity index (χ2n) is 8.20. The lowest BCUT2D eigenvalue weighted by molar-refractivity contribution is -0.164. The van der Waals surface area contributed by atoms with Crippen LogP contribution in [0.25, 0.3) is 0 Å². The molecule has 0 amide bonds. The molecule has 1 saturated carbocycles. The number of morpholine rings is 1. The first kappa shape index (κ1) is 20.0. The fourth-order valence-corrected chi connectivity index (χ4v) is 5.34. The number of hydrogen-bond acceptors (Lipinski definition) is 8. The van der Waals surface area contributed by atoms with Gasteiger partial charge >= 0.3 is 5.97 Å². The van der Waals surface area contributed by atoms with Gasteiger partial charge in [-0.25, -0.2) is 9.97 Å². The van der Waals surface area contributed by atoms with Gasteiger partial charge in [-0.3, -0.25) is 9.69 Å². The summed E-state index contributed by atoms with van der Waals surface area (Å²) in [6.45, 7) is 7.09. The monoisotopic (exact) mass is 399 g/mol. The predicted molar refractivity (Wildman–Crippen MR) is 106 cm³/mol. The highest BCUT2D eigenvalue weighted by Crippen LogP contribution is 2.49. The molecule has 8 nitrogen and oxygen atoms in total. The molecule has 29 heavy (non-hydrogen) atoms. The van der Waals surface area contributed by atoms with Crippen molar-refractivity contribution in [3.63, 3.8) is 0 Å². The van der Waals surface area contributed by atoms with Gasteiger partial charge in [0.1, 0.15) is 6.07 Å². The Labute approximate surface area is 171 Å². The van der Waals surface area contributed by atoms with E-state index in [0.717, 1.165) is 58.5 Å². The largest absolute Gasteiger partial charge is 0.466 e. The van der Waals surface area contributed by atoms with Gasteiger partial charge in [-0.05, 0) is 38.5 Å². The van der Waals surface area contributed by atoms with Crippen molar-refractivity contribution in [2.75, 3.05) is 50.9 Å². The fraction of sp³-hybridized carbons (Fsp3) is 0.714. The Morgan fingerprint density at radius 2 is 2.10 bits per heavy atom. The number of aromatic nitrogens is 2. The maximum absolute atomic E-state index is 13.2. The first-order chi connectivity index (χ1) is 14.2. The van der Waals surface area contributed by atoms with E-state index in [2.05, 4.69) is 25.8 Å². The van der Waals surface area contributed by atoms with E-state index in [1.54, 1.807) is 6.20 Å². The quantitative estimate of drug-likeness (QED) is 0.705. The van der Waals surface area contributed by atoms with E-state index in [-0.39, 0.29) is 11.9 Å². The Morgan fingerprint density at radius 1 is 1.31 bits per heavy atom. The standard InChI is InChI=1S/C21H29N5O3/c1-2-29-20(27)21-5-3-17(25-9-11-28-12-10-25)13-16(21)4-8-26(15-21)19-18(14-22)23-6-7-24-19/h6-7,16-17H,2-5,8-13,15H2,1H3/t16-,17-,21-/m1/s1. The SMILES string of the molecule is CCOC(=O)[C@@]12CC[C@@H](N3CCOCC3)C[C@H]1CCN(c1nccnc1C#N)C2. The van der Waals surface area contributed by atoms with Crippen molar-refractivity contribution in [2.45, 2.75) is 38.6 Å². The molecule has 4 rings (SSSR count). The first-order valence-corrected chi connectivity index (χ1v) is 10.6. The van der Waals surface area contributed by atoms with E-state index in [9.17, 15) is 10.1 Å². The van der Waals surface area contributed by atoms with Crippen molar-refractivity contribution in [3.05, 3.63) is 18.1 Å². The molecule has 8 heteroatoms. The van der Waals surface area contributed by atoms with Gasteiger partial charge in [0.2, 0.25) is 0 Å². The van der Waals surface area contributed by atoms with Crippen molar-refractivity contribution in [1.82, 2.24) is 14.9 Å². The third-order valence-electron chi connectivity index (χ3n) is 6.81. The summed E-state index contributed by atoms with van der Waals surface area (Å²) in [5, 5.41) is 9.43. The van der Waals surface area contributed by atoms with E-state index < -0.39 is 5.41 Å². The Morgan fingerprint density at radius 3 is 2.86 bits per heavy atom. The molecule has 0 spiro atoms. The predicted octanol–water partition coefficient (Wildman–Crippen LogP) is 1.61. The van der Waals surface area contributed by atoms with E-state index in [0.29, 0.717) is 30.7 Å². The van der Waals surface area contributed by atoms with Gasteiger partial charge in [0.15, 0.2) is 11.5 Å². The van der Waals surface area contributed by atoms with Crippen molar-refractivity contribution in [1.29, 1.82) is 5.26 Å². The number of fused-ring (bicyclic) bond motifs is 1. The molecule has 1 aliphatic carbocycles. The highest BCUT2D eigenvalue weighted by Gasteiger charge is 2.54. The Bertz CT molecular complexity index is 776. The molecule has 2 aliphatic heterocycles. The van der Waals surface area contributed by atoms with Crippen molar-refractivity contribution >= 4 is 11.8 Å². The molecular weight excluding hydrogens is 370 g/mol. The molecule has 0 unspecified atom stereocenters. The van der Waals surface area contributed by atoms with E-state index in [1.807, 2.05) is 6.92 Å². The zero-order valence-electron chi connectivity index (χ0n) is 17.0. The molecule has 1 aromatic rings. The summed E-state index contributed by atoms with van der Waals surface area (Å²) < 4.78 is 11.1. The highest BCUT2D eigenvalue weighted by atomic mass is 16.5. The third kappa shape index (κ3) is 3.81. The molecule has 1 aromatic heterocycles. The van der Waals surface area contributed by atoms with Crippen LogP contribution in [0.4, 0.5) is 5.82 Å². The minimum atomic E-state index is -0.540. The number of carbonyl (C=O) groups is 1. The lowest BCUT2D eigenvalue weighted by atomic mass is 9.61. The molecule has 3 heterocycles. The van der Waals surface area contributed by atoms with Gasteiger partial charge in [-0.2, -0.15) is 5.26 Å². The number of anilines is 1. The average molecular weight is 399 g/mol. The molecule has 0 N–H and O–H groups in total. The van der Waals surface area contributed by atoms with Gasteiger partial charge < -0.3 is 14.4 Å². The minimum Gasteiger partial charge on any atom is -0.466 e. The molecule has 0 radical (unpaired) electrons. The van der Waals surface area contributed by atoms with Gasteiger partial charge in [-0.1, -0.05) is 0 Å². The van der Waals surface area contributed by atoms with Gasteiger partial charge in [0.05, 0.1) is 25.2 Å². The number of nitriles is 1. The number of carbonyl (C=O) groups excluding carboxylic acids is 1. The summed E-state index contributed by atoms with van der Waals surface area (Å²) in [4.78, 5) is 26.3. The minimum absolute atomic E-state index is 0.0995. The molecule has 3 aliphatic rings. The summed E-state index contributed by atoms with van der Waals surface area (Å²) in [5.41, 5.74) is -0.228. The number of rotatable bonds is 4. The second kappa shape index (κ2) is 8.64. The van der Waals surface area contributed by atoms with Gasteiger partial charge in [-0.15, -0.1) is 0 Å². The molecule has 156 valence electrons. The third-order valence-corrected chi connectivity index (χ3v) is 6.81. The molecular formula is C21H29N5O3. The van der Waals surface area contributed by atoms with Crippen LogP contribution >= 0.6 is 0 Å². The summed E-state index contributed by atoms with van der Waals surface area (Å²) >= 11 is 0. The zero-order valence-corrected chi connectivity index (χ0v) is 17.0. The summed E-state index contributed by atoms with van der Waals surface area (Å²) in [5.74, 6) is 0.756. The Hall–Kier alpha value is -2.24. The van der Waals surface area contributed by atoms with Crippen LogP contribution in [0.2, 0.25) is 0 Å². The molecule has 0 bridgehead atoms. The van der Waals surface area contributed by atoms with Gasteiger partial charge in [0, 0.05) is 44.6 Å². The number of nitrogens with zero attached hydrogens (tertiary/aromatic N) is 5. The van der Waals surface area contributed by atoms with Crippen molar-refractivity contribution in [2.24, 2.45) is 11.3 Å². The molecule has 3 fully saturated rings. The van der Waals surface area contributed by atoms with E-state index in [1.165, 1.54) is 6.20 Å². The number of ether oxygens (including phenoxy) is 2. The maximum Gasteiger partial charge on any atom is 0.314 e. The topological polar surface area (TPSA) is 91.6 Å². The van der Waals surface area contributed by atoms with Crippen LogP contribution in [0.3, 0.4) is 0 Å². The fourth-order valence-electron chi connectivity index (χ4n) is 5.34. The molecule has 3 atom stereocenters. The number of esters is 1. The molecule has 2 saturated heterocycles. The zero-order chi connectivity index (χ0) is 20.3. The van der Waals surface area contributed by atoms with Crippen LogP contribution in [0, 0.1) is 22.7 Å². The lowest BCUT2D eigenvalue weighted by Gasteiger charge is -2.52. The summed E-state index contributed by atoms with van der Waals surface area (Å²) in [6.07, 6.45) is 6.82. The Kier molecular flexibility index (Phi) is 5.97. The molecule has 0 aromatic carbocycles. The van der Waals surface area contributed by atoms with Crippen molar-refractivity contribution < 1.29 is 14.3 Å². The maximum atomic E-state index is 13.2.